The van der Waals surface area contributed by atoms with Crippen molar-refractivity contribution in [2.45, 2.75) is 0 Å². The summed E-state index contributed by atoms with van der Waals surface area (Å²) >= 11 is 0. The number of rotatable bonds is 5. The molecule has 0 radical (unpaired) electrons. The van der Waals surface area contributed by atoms with Crippen LogP contribution in [0.4, 0.5) is 17.2 Å². The maximum atomic E-state index is 12.8. The van der Waals surface area contributed by atoms with Gasteiger partial charge in [-0.25, -0.2) is 4.98 Å². The molecule has 1 heterocycles. The van der Waals surface area contributed by atoms with Gasteiger partial charge >= 0.3 is 0 Å². The SMILES string of the molecule is NC(=O)c1cccnc1N=Nc1c(O)c(C(=O)Nc2ccccc2)cc2ccccc12. The fourth-order valence-corrected chi connectivity index (χ4v) is 3.08. The average Bonchev–Trinajstić information content (AvgIpc) is 2.79. The first-order valence-electron chi connectivity index (χ1n) is 9.32. The van der Waals surface area contributed by atoms with E-state index in [2.05, 4.69) is 20.5 Å². The monoisotopic (exact) mass is 411 g/mol. The molecule has 0 aliphatic heterocycles. The number of para-hydroxylation sites is 1. The van der Waals surface area contributed by atoms with Gasteiger partial charge in [-0.3, -0.25) is 9.59 Å². The molecule has 3 aromatic carbocycles. The molecule has 4 rings (SSSR count). The normalized spacial score (nSPS) is 11.0. The minimum absolute atomic E-state index is 0.0117. The van der Waals surface area contributed by atoms with Crippen LogP contribution < -0.4 is 11.1 Å². The van der Waals surface area contributed by atoms with Crippen LogP contribution in [0.2, 0.25) is 0 Å². The summed E-state index contributed by atoms with van der Waals surface area (Å²) in [7, 11) is 0. The number of nitrogens with one attached hydrogen (secondary N) is 1. The van der Waals surface area contributed by atoms with Crippen LogP contribution in [-0.2, 0) is 0 Å². The molecule has 0 atom stereocenters. The second-order valence-electron chi connectivity index (χ2n) is 6.60. The zero-order valence-corrected chi connectivity index (χ0v) is 16.2. The summed E-state index contributed by atoms with van der Waals surface area (Å²) in [6, 6.07) is 20.6. The van der Waals surface area contributed by atoms with E-state index >= 15 is 0 Å². The lowest BCUT2D eigenvalue weighted by molar-refractivity contribution is 0.0997. The number of hydrogen-bond donors (Lipinski definition) is 3. The Morgan fingerprint density at radius 2 is 1.65 bits per heavy atom. The first kappa shape index (κ1) is 19.7. The molecule has 0 unspecified atom stereocenters. The van der Waals surface area contributed by atoms with E-state index in [0.717, 1.165) is 0 Å². The van der Waals surface area contributed by atoms with Crippen molar-refractivity contribution < 1.29 is 14.7 Å². The van der Waals surface area contributed by atoms with Gasteiger partial charge < -0.3 is 16.2 Å². The number of fused-ring (bicyclic) bond motifs is 1. The smallest absolute Gasteiger partial charge is 0.259 e. The lowest BCUT2D eigenvalue weighted by Crippen LogP contribution is -2.12. The number of phenols is 1. The van der Waals surface area contributed by atoms with Gasteiger partial charge in [-0.2, -0.15) is 0 Å². The van der Waals surface area contributed by atoms with Crippen LogP contribution in [0.15, 0.2) is 89.2 Å². The Morgan fingerprint density at radius 1 is 0.903 bits per heavy atom. The molecule has 4 aromatic rings. The molecule has 8 heteroatoms. The highest BCUT2D eigenvalue weighted by atomic mass is 16.3. The largest absolute Gasteiger partial charge is 0.505 e. The second kappa shape index (κ2) is 8.42. The van der Waals surface area contributed by atoms with Crippen LogP contribution in [0.25, 0.3) is 10.8 Å². The van der Waals surface area contributed by atoms with Gasteiger partial charge in [0.2, 0.25) is 0 Å². The number of pyridine rings is 1. The molecule has 0 bridgehead atoms. The van der Waals surface area contributed by atoms with E-state index in [-0.39, 0.29) is 28.4 Å². The predicted molar refractivity (Wildman–Crippen MR) is 117 cm³/mol. The molecule has 152 valence electrons. The van der Waals surface area contributed by atoms with Crippen molar-refractivity contribution in [3.63, 3.8) is 0 Å². The zero-order chi connectivity index (χ0) is 21.8. The molecule has 31 heavy (non-hydrogen) atoms. The van der Waals surface area contributed by atoms with E-state index in [0.29, 0.717) is 16.5 Å². The number of azo groups is 1. The Labute approximate surface area is 177 Å². The maximum absolute atomic E-state index is 12.8. The van der Waals surface area contributed by atoms with Crippen molar-refractivity contribution in [1.82, 2.24) is 4.98 Å². The summed E-state index contributed by atoms with van der Waals surface area (Å²) in [4.78, 5) is 28.5. The lowest BCUT2D eigenvalue weighted by atomic mass is 10.0. The summed E-state index contributed by atoms with van der Waals surface area (Å²) in [5, 5.41) is 23.0. The first-order chi connectivity index (χ1) is 15.0. The molecule has 0 aliphatic rings. The van der Waals surface area contributed by atoms with Crippen LogP contribution in [0, 0.1) is 0 Å². The fraction of sp³-hybridized carbons (Fsp3) is 0. The molecule has 0 saturated carbocycles. The van der Waals surface area contributed by atoms with Crippen molar-refractivity contribution in [2.24, 2.45) is 16.0 Å². The van der Waals surface area contributed by atoms with Gasteiger partial charge in [0.25, 0.3) is 11.8 Å². The van der Waals surface area contributed by atoms with E-state index in [4.69, 9.17) is 5.73 Å². The molecule has 1 aromatic heterocycles. The minimum atomic E-state index is -0.702. The van der Waals surface area contributed by atoms with E-state index in [1.54, 1.807) is 54.6 Å². The number of nitrogens with zero attached hydrogens (tertiary/aromatic N) is 3. The Hall–Kier alpha value is -4.59. The molecular formula is C23H17N5O3. The van der Waals surface area contributed by atoms with Crippen LogP contribution in [0.1, 0.15) is 20.7 Å². The third kappa shape index (κ3) is 4.08. The van der Waals surface area contributed by atoms with Gasteiger partial charge in [0.05, 0.1) is 11.1 Å². The highest BCUT2D eigenvalue weighted by molar-refractivity contribution is 6.11. The number of aromatic nitrogens is 1. The molecular weight excluding hydrogens is 394 g/mol. The van der Waals surface area contributed by atoms with Crippen LogP contribution >= 0.6 is 0 Å². The fourth-order valence-electron chi connectivity index (χ4n) is 3.08. The summed E-state index contributed by atoms with van der Waals surface area (Å²) in [5.74, 6) is -1.53. The van der Waals surface area contributed by atoms with Gasteiger partial charge in [0, 0.05) is 17.3 Å². The van der Waals surface area contributed by atoms with Gasteiger partial charge in [-0.05, 0) is 35.7 Å². The van der Waals surface area contributed by atoms with Crippen LogP contribution in [0.5, 0.6) is 5.75 Å². The van der Waals surface area contributed by atoms with Crippen molar-refractivity contribution in [1.29, 1.82) is 0 Å². The first-order valence-corrected chi connectivity index (χ1v) is 9.32. The maximum Gasteiger partial charge on any atom is 0.259 e. The summed E-state index contributed by atoms with van der Waals surface area (Å²) in [6.45, 7) is 0. The lowest BCUT2D eigenvalue weighted by Gasteiger charge is -2.11. The second-order valence-corrected chi connectivity index (χ2v) is 6.60. The van der Waals surface area contributed by atoms with Crippen molar-refractivity contribution in [2.75, 3.05) is 5.32 Å². The number of hydrogen-bond acceptors (Lipinski definition) is 6. The average molecular weight is 411 g/mol. The van der Waals surface area contributed by atoms with Crippen LogP contribution in [-0.4, -0.2) is 21.9 Å². The standard InChI is InChI=1S/C23H17N5O3/c24-21(30)17-11-6-12-25-22(17)28-27-19-16-10-5-4-7-14(16)13-18(20(19)29)23(31)26-15-8-2-1-3-9-15/h1-13,29H,(H2,24,30)(H,26,31). The number of benzene rings is 3. The number of anilines is 1. The van der Waals surface area contributed by atoms with Crippen molar-refractivity contribution in [3.8, 4) is 5.75 Å². The number of amides is 2. The molecule has 0 saturated heterocycles. The van der Waals surface area contributed by atoms with Crippen molar-refractivity contribution in [3.05, 3.63) is 90.1 Å². The number of carbonyl (C=O) groups is 2. The minimum Gasteiger partial charge on any atom is -0.505 e. The predicted octanol–water partition coefficient (Wildman–Crippen LogP) is 4.71. The zero-order valence-electron chi connectivity index (χ0n) is 16.2. The van der Waals surface area contributed by atoms with Crippen LogP contribution in [0.3, 0.4) is 0 Å². The van der Waals surface area contributed by atoms with Gasteiger partial charge in [0.15, 0.2) is 11.6 Å². The van der Waals surface area contributed by atoms with Crippen molar-refractivity contribution >= 4 is 39.8 Å². The highest BCUT2D eigenvalue weighted by Gasteiger charge is 2.19. The third-order valence-corrected chi connectivity index (χ3v) is 4.57. The summed E-state index contributed by atoms with van der Waals surface area (Å²) in [6.07, 6.45) is 1.45. The summed E-state index contributed by atoms with van der Waals surface area (Å²) < 4.78 is 0. The molecule has 0 spiro atoms. The Bertz CT molecular complexity index is 1320. The van der Waals surface area contributed by atoms with E-state index in [1.165, 1.54) is 12.3 Å². The van der Waals surface area contributed by atoms with Gasteiger partial charge in [-0.1, -0.05) is 42.5 Å². The number of aromatic hydroxyl groups is 1. The third-order valence-electron chi connectivity index (χ3n) is 4.57. The molecule has 0 fully saturated rings. The molecule has 2 amide bonds. The van der Waals surface area contributed by atoms with Gasteiger partial charge in [0.1, 0.15) is 5.69 Å². The Kier molecular flexibility index (Phi) is 5.35. The summed E-state index contributed by atoms with van der Waals surface area (Å²) in [5.41, 5.74) is 6.15. The van der Waals surface area contributed by atoms with E-state index in [9.17, 15) is 14.7 Å². The number of carbonyl (C=O) groups excluding carboxylic acids is 2. The molecule has 4 N–H and O–H groups in total. The Balaban J connectivity index is 1.81. The van der Waals surface area contributed by atoms with E-state index < -0.39 is 11.8 Å². The number of phenolic OH excluding ortho intramolecular Hbond substituents is 1. The number of nitrogens with two attached hydrogens (primary N) is 1. The van der Waals surface area contributed by atoms with E-state index in [1.807, 2.05) is 12.1 Å². The number of primary amides is 1. The van der Waals surface area contributed by atoms with Gasteiger partial charge in [-0.15, -0.1) is 10.2 Å². The quantitative estimate of drug-likeness (QED) is 0.411. The molecule has 8 nitrogen and oxygen atoms in total. The highest BCUT2D eigenvalue weighted by Crippen LogP contribution is 2.39. The topological polar surface area (TPSA) is 130 Å². The Morgan fingerprint density at radius 3 is 2.42 bits per heavy atom. The molecule has 0 aliphatic carbocycles.